The van der Waals surface area contributed by atoms with Crippen LogP contribution in [-0.2, 0) is 9.47 Å². The van der Waals surface area contributed by atoms with Crippen molar-refractivity contribution in [3.63, 3.8) is 0 Å². The van der Waals surface area contributed by atoms with E-state index >= 15 is 0 Å². The Balaban J connectivity index is 1.80. The van der Waals surface area contributed by atoms with Crippen LogP contribution in [0, 0.1) is 0 Å². The van der Waals surface area contributed by atoms with Crippen molar-refractivity contribution in [3.8, 4) is 0 Å². The van der Waals surface area contributed by atoms with Crippen molar-refractivity contribution in [2.24, 2.45) is 0 Å². The van der Waals surface area contributed by atoms with E-state index in [9.17, 15) is 0 Å². The molecule has 2 rings (SSSR count). The number of hydrogen-bond acceptors (Lipinski definition) is 4. The van der Waals surface area contributed by atoms with Crippen LogP contribution in [0.2, 0.25) is 0 Å². The molecule has 4 heteroatoms. The molecule has 0 aliphatic carbocycles. The first-order valence-corrected chi connectivity index (χ1v) is 6.76. The average Bonchev–Trinajstić information content (AvgIpc) is 2.29. The zero-order chi connectivity index (χ0) is 12.3. The second-order valence-electron chi connectivity index (χ2n) is 5.89. The lowest BCUT2D eigenvalue weighted by atomic mass is 10.0. The smallest absolute Gasteiger partial charge is 0.0753 e. The molecule has 2 unspecified atom stereocenters. The predicted octanol–water partition coefficient (Wildman–Crippen LogP) is 0.864. The van der Waals surface area contributed by atoms with Gasteiger partial charge in [0.25, 0.3) is 0 Å². The highest BCUT2D eigenvalue weighted by atomic mass is 16.5. The van der Waals surface area contributed by atoms with Gasteiger partial charge in [-0.05, 0) is 27.2 Å². The van der Waals surface area contributed by atoms with E-state index in [2.05, 4.69) is 31.0 Å². The van der Waals surface area contributed by atoms with Gasteiger partial charge in [0.1, 0.15) is 0 Å². The molecule has 100 valence electrons. The van der Waals surface area contributed by atoms with Crippen LogP contribution in [0.5, 0.6) is 0 Å². The molecule has 0 bridgehead atoms. The van der Waals surface area contributed by atoms with Crippen LogP contribution in [0.1, 0.15) is 27.2 Å². The van der Waals surface area contributed by atoms with E-state index < -0.39 is 0 Å². The lowest BCUT2D eigenvalue weighted by Gasteiger charge is -2.42. The number of ether oxygens (including phenoxy) is 2. The normalized spacial score (nSPS) is 32.3. The maximum absolute atomic E-state index is 5.75. The SMILES string of the molecule is CC(CC1COCCN1)N1CCOC(C)(C)C1. The first-order chi connectivity index (χ1) is 8.07. The average molecular weight is 242 g/mol. The molecule has 2 aliphatic heterocycles. The fourth-order valence-electron chi connectivity index (χ4n) is 2.76. The zero-order valence-corrected chi connectivity index (χ0v) is 11.4. The van der Waals surface area contributed by atoms with E-state index in [-0.39, 0.29) is 5.60 Å². The van der Waals surface area contributed by atoms with Crippen LogP contribution in [-0.4, -0.2) is 62.0 Å². The van der Waals surface area contributed by atoms with Crippen molar-refractivity contribution < 1.29 is 9.47 Å². The Morgan fingerprint density at radius 3 is 2.88 bits per heavy atom. The first-order valence-electron chi connectivity index (χ1n) is 6.76. The Morgan fingerprint density at radius 2 is 2.24 bits per heavy atom. The molecule has 2 saturated heterocycles. The summed E-state index contributed by atoms with van der Waals surface area (Å²) in [5.41, 5.74) is 0.00298. The molecular weight excluding hydrogens is 216 g/mol. The van der Waals surface area contributed by atoms with Crippen molar-refractivity contribution in [3.05, 3.63) is 0 Å². The van der Waals surface area contributed by atoms with Gasteiger partial charge in [-0.1, -0.05) is 0 Å². The molecule has 2 fully saturated rings. The number of nitrogens with one attached hydrogen (secondary N) is 1. The Morgan fingerprint density at radius 1 is 1.41 bits per heavy atom. The molecule has 0 radical (unpaired) electrons. The summed E-state index contributed by atoms with van der Waals surface area (Å²) >= 11 is 0. The van der Waals surface area contributed by atoms with Crippen LogP contribution < -0.4 is 5.32 Å². The van der Waals surface area contributed by atoms with Gasteiger partial charge in [-0.3, -0.25) is 4.90 Å². The minimum absolute atomic E-state index is 0.00298. The van der Waals surface area contributed by atoms with Crippen molar-refractivity contribution in [1.29, 1.82) is 0 Å². The summed E-state index contributed by atoms with van der Waals surface area (Å²) in [7, 11) is 0. The quantitative estimate of drug-likeness (QED) is 0.796. The molecule has 0 aromatic rings. The molecule has 0 amide bonds. The Labute approximate surface area is 105 Å². The third-order valence-electron chi connectivity index (χ3n) is 3.70. The summed E-state index contributed by atoms with van der Waals surface area (Å²) in [4.78, 5) is 2.54. The minimum atomic E-state index is 0.00298. The van der Waals surface area contributed by atoms with Gasteiger partial charge in [0.15, 0.2) is 0 Å². The summed E-state index contributed by atoms with van der Waals surface area (Å²) in [6.07, 6.45) is 1.16. The Bertz CT molecular complexity index is 240. The highest BCUT2D eigenvalue weighted by Gasteiger charge is 2.30. The van der Waals surface area contributed by atoms with Gasteiger partial charge in [-0.25, -0.2) is 0 Å². The molecule has 2 heterocycles. The highest BCUT2D eigenvalue weighted by molar-refractivity contribution is 4.84. The van der Waals surface area contributed by atoms with Gasteiger partial charge in [0.05, 0.1) is 25.4 Å². The lowest BCUT2D eigenvalue weighted by Crippen LogP contribution is -2.53. The molecule has 4 nitrogen and oxygen atoms in total. The van der Waals surface area contributed by atoms with E-state index in [1.165, 1.54) is 0 Å². The van der Waals surface area contributed by atoms with E-state index in [0.717, 1.165) is 45.9 Å². The van der Waals surface area contributed by atoms with Crippen molar-refractivity contribution >= 4 is 0 Å². The monoisotopic (exact) mass is 242 g/mol. The summed E-state index contributed by atoms with van der Waals surface area (Å²) < 4.78 is 11.3. The zero-order valence-electron chi connectivity index (χ0n) is 11.4. The fraction of sp³-hybridized carbons (Fsp3) is 1.00. The summed E-state index contributed by atoms with van der Waals surface area (Å²) in [5.74, 6) is 0. The van der Waals surface area contributed by atoms with Gasteiger partial charge < -0.3 is 14.8 Å². The Hall–Kier alpha value is -0.160. The third kappa shape index (κ3) is 3.91. The number of hydrogen-bond donors (Lipinski definition) is 1. The second kappa shape index (κ2) is 5.65. The topological polar surface area (TPSA) is 33.7 Å². The predicted molar refractivity (Wildman–Crippen MR) is 68.3 cm³/mol. The lowest BCUT2D eigenvalue weighted by molar-refractivity contribution is -0.0976. The number of morpholine rings is 2. The van der Waals surface area contributed by atoms with Gasteiger partial charge in [-0.15, -0.1) is 0 Å². The van der Waals surface area contributed by atoms with Crippen LogP contribution in [0.25, 0.3) is 0 Å². The van der Waals surface area contributed by atoms with E-state index in [4.69, 9.17) is 9.47 Å². The van der Waals surface area contributed by atoms with Crippen LogP contribution in [0.3, 0.4) is 0 Å². The molecule has 0 saturated carbocycles. The van der Waals surface area contributed by atoms with Crippen molar-refractivity contribution in [2.45, 2.75) is 44.9 Å². The van der Waals surface area contributed by atoms with Crippen molar-refractivity contribution in [2.75, 3.05) is 39.5 Å². The molecular formula is C13H26N2O2. The maximum Gasteiger partial charge on any atom is 0.0753 e. The number of nitrogens with zero attached hydrogens (tertiary/aromatic N) is 1. The standard InChI is InChI=1S/C13H26N2O2/c1-11(8-12-9-16-6-4-14-12)15-5-7-17-13(2,3)10-15/h11-12,14H,4-10H2,1-3H3. The van der Waals surface area contributed by atoms with E-state index in [1.54, 1.807) is 0 Å². The molecule has 2 atom stereocenters. The minimum Gasteiger partial charge on any atom is -0.379 e. The van der Waals surface area contributed by atoms with Crippen molar-refractivity contribution in [1.82, 2.24) is 10.2 Å². The fourth-order valence-corrected chi connectivity index (χ4v) is 2.76. The van der Waals surface area contributed by atoms with Gasteiger partial charge >= 0.3 is 0 Å². The first kappa shape index (κ1) is 13.3. The number of rotatable bonds is 3. The van der Waals surface area contributed by atoms with Gasteiger partial charge in [0.2, 0.25) is 0 Å². The molecule has 17 heavy (non-hydrogen) atoms. The molecule has 2 aliphatic rings. The van der Waals surface area contributed by atoms with Crippen LogP contribution in [0.15, 0.2) is 0 Å². The molecule has 0 aromatic carbocycles. The summed E-state index contributed by atoms with van der Waals surface area (Å²) in [5, 5.41) is 3.53. The van der Waals surface area contributed by atoms with Crippen LogP contribution in [0.4, 0.5) is 0 Å². The summed E-state index contributed by atoms with van der Waals surface area (Å²) in [6.45, 7) is 12.3. The van der Waals surface area contributed by atoms with E-state index in [0.29, 0.717) is 12.1 Å². The van der Waals surface area contributed by atoms with E-state index in [1.807, 2.05) is 0 Å². The summed E-state index contributed by atoms with van der Waals surface area (Å²) in [6, 6.07) is 1.11. The van der Waals surface area contributed by atoms with Gasteiger partial charge in [0, 0.05) is 31.7 Å². The highest BCUT2D eigenvalue weighted by Crippen LogP contribution is 2.20. The second-order valence-corrected chi connectivity index (χ2v) is 5.89. The maximum atomic E-state index is 5.75. The Kier molecular flexibility index (Phi) is 4.42. The molecule has 0 aromatic heterocycles. The van der Waals surface area contributed by atoms with Crippen LogP contribution >= 0.6 is 0 Å². The molecule has 0 spiro atoms. The largest absolute Gasteiger partial charge is 0.379 e. The van der Waals surface area contributed by atoms with Gasteiger partial charge in [-0.2, -0.15) is 0 Å². The third-order valence-corrected chi connectivity index (χ3v) is 3.70. The molecule has 1 N–H and O–H groups in total.